The third-order valence-corrected chi connectivity index (χ3v) is 7.15. The standard InChI is InChI=1S/C17H31NO3.C15H30O4/c1-2-3-4-5-6-7-8-9-10-11-14-21-17(20)15-12-13-16(19)18-15;1-2-3-4-5-6-7-8-9-10-11-15(18)19-13-14(17)12-16/h15H,2-14H2,1H3,(H,18,19);14,16-17H,2-13H2,1H3/t15-;/m0./s1. The zero-order chi connectivity index (χ0) is 29.7. The fourth-order valence-electron chi connectivity index (χ4n) is 4.55. The average Bonchev–Trinajstić information content (AvgIpc) is 3.40. The van der Waals surface area contributed by atoms with Gasteiger partial charge in [0.1, 0.15) is 18.8 Å². The predicted octanol–water partition coefficient (Wildman–Crippen LogP) is 6.53. The summed E-state index contributed by atoms with van der Waals surface area (Å²) in [6.45, 7) is 4.48. The molecule has 0 aromatic heterocycles. The highest BCUT2D eigenvalue weighted by molar-refractivity contribution is 5.88. The van der Waals surface area contributed by atoms with Crippen molar-refractivity contribution in [3.63, 3.8) is 0 Å². The molecule has 1 amide bonds. The van der Waals surface area contributed by atoms with E-state index in [1.54, 1.807) is 0 Å². The number of nitrogens with one attached hydrogen (secondary N) is 1. The van der Waals surface area contributed by atoms with Gasteiger partial charge in [0, 0.05) is 12.8 Å². The summed E-state index contributed by atoms with van der Waals surface area (Å²) < 4.78 is 10.0. The average molecular weight is 572 g/mol. The van der Waals surface area contributed by atoms with Crippen molar-refractivity contribution in [2.24, 2.45) is 0 Å². The van der Waals surface area contributed by atoms with Gasteiger partial charge in [0.2, 0.25) is 5.91 Å². The molecular weight excluding hydrogens is 510 g/mol. The first kappa shape index (κ1) is 38.3. The zero-order valence-corrected chi connectivity index (χ0v) is 25.8. The van der Waals surface area contributed by atoms with Crippen LogP contribution in [0.5, 0.6) is 0 Å². The van der Waals surface area contributed by atoms with E-state index in [4.69, 9.17) is 19.7 Å². The minimum atomic E-state index is -0.952. The number of amides is 1. The molecular formula is C32H61NO7. The van der Waals surface area contributed by atoms with E-state index in [9.17, 15) is 14.4 Å². The zero-order valence-electron chi connectivity index (χ0n) is 25.8. The second-order valence-electron chi connectivity index (χ2n) is 11.1. The van der Waals surface area contributed by atoms with Crippen LogP contribution in [0.25, 0.3) is 0 Å². The molecule has 8 nitrogen and oxygen atoms in total. The summed E-state index contributed by atoms with van der Waals surface area (Å²) in [5.41, 5.74) is 0. The van der Waals surface area contributed by atoms with Gasteiger partial charge < -0.3 is 25.0 Å². The third-order valence-electron chi connectivity index (χ3n) is 7.15. The predicted molar refractivity (Wildman–Crippen MR) is 160 cm³/mol. The summed E-state index contributed by atoms with van der Waals surface area (Å²) in [5.74, 6) is -0.594. The lowest BCUT2D eigenvalue weighted by Gasteiger charge is -2.09. The minimum Gasteiger partial charge on any atom is -0.464 e. The summed E-state index contributed by atoms with van der Waals surface area (Å²) in [6, 6.07) is -0.402. The number of carbonyl (C=O) groups is 3. The van der Waals surface area contributed by atoms with Crippen molar-refractivity contribution in [1.29, 1.82) is 0 Å². The van der Waals surface area contributed by atoms with Crippen molar-refractivity contribution in [3.8, 4) is 0 Å². The molecule has 1 aliphatic heterocycles. The monoisotopic (exact) mass is 571 g/mol. The largest absolute Gasteiger partial charge is 0.464 e. The maximum Gasteiger partial charge on any atom is 0.328 e. The molecule has 1 unspecified atom stereocenters. The topological polar surface area (TPSA) is 122 Å². The summed E-state index contributed by atoms with van der Waals surface area (Å²) >= 11 is 0. The Hall–Kier alpha value is -1.67. The Morgan fingerprint density at radius 1 is 0.775 bits per heavy atom. The molecule has 236 valence electrons. The molecule has 1 heterocycles. The molecule has 0 radical (unpaired) electrons. The smallest absolute Gasteiger partial charge is 0.328 e. The molecule has 3 N–H and O–H groups in total. The van der Waals surface area contributed by atoms with Gasteiger partial charge in [0.15, 0.2) is 0 Å². The molecule has 1 saturated heterocycles. The molecule has 0 aromatic rings. The van der Waals surface area contributed by atoms with Crippen molar-refractivity contribution in [2.45, 2.75) is 167 Å². The van der Waals surface area contributed by atoms with Crippen molar-refractivity contribution in [3.05, 3.63) is 0 Å². The molecule has 2 atom stereocenters. The first-order valence-electron chi connectivity index (χ1n) is 16.3. The highest BCUT2D eigenvalue weighted by atomic mass is 16.5. The van der Waals surface area contributed by atoms with Gasteiger partial charge in [-0.1, -0.05) is 123 Å². The Morgan fingerprint density at radius 3 is 1.70 bits per heavy atom. The van der Waals surface area contributed by atoms with Crippen molar-refractivity contribution in [1.82, 2.24) is 5.32 Å². The van der Waals surface area contributed by atoms with Crippen LogP contribution >= 0.6 is 0 Å². The molecule has 0 saturated carbocycles. The fourth-order valence-corrected chi connectivity index (χ4v) is 4.55. The van der Waals surface area contributed by atoms with E-state index in [0.717, 1.165) is 25.7 Å². The lowest BCUT2D eigenvalue weighted by Crippen LogP contribution is -2.34. The van der Waals surface area contributed by atoms with Crippen molar-refractivity contribution in [2.75, 3.05) is 19.8 Å². The summed E-state index contributed by atoms with van der Waals surface area (Å²) in [6.07, 6.45) is 24.1. The van der Waals surface area contributed by atoms with E-state index in [-0.39, 0.29) is 31.1 Å². The van der Waals surface area contributed by atoms with Gasteiger partial charge in [-0.3, -0.25) is 9.59 Å². The Morgan fingerprint density at radius 2 is 1.25 bits per heavy atom. The number of unbranched alkanes of at least 4 members (excludes halogenated alkanes) is 17. The Labute approximate surface area is 244 Å². The maximum atomic E-state index is 11.6. The number of hydrogen-bond acceptors (Lipinski definition) is 7. The number of rotatable bonds is 25. The van der Waals surface area contributed by atoms with Crippen LogP contribution in [-0.2, 0) is 23.9 Å². The van der Waals surface area contributed by atoms with Crippen molar-refractivity contribution >= 4 is 17.8 Å². The number of aliphatic hydroxyl groups is 2. The van der Waals surface area contributed by atoms with Gasteiger partial charge in [-0.2, -0.15) is 0 Å². The van der Waals surface area contributed by atoms with E-state index in [1.165, 1.54) is 96.3 Å². The first-order valence-corrected chi connectivity index (χ1v) is 16.3. The van der Waals surface area contributed by atoms with Crippen LogP contribution in [0, 0.1) is 0 Å². The molecule has 0 aromatic carbocycles. The highest BCUT2D eigenvalue weighted by Crippen LogP contribution is 2.12. The van der Waals surface area contributed by atoms with Gasteiger partial charge in [-0.15, -0.1) is 0 Å². The summed E-state index contributed by atoms with van der Waals surface area (Å²) in [5, 5.41) is 20.2. The second kappa shape index (κ2) is 28.8. The molecule has 0 aliphatic carbocycles. The van der Waals surface area contributed by atoms with E-state index in [2.05, 4.69) is 19.2 Å². The van der Waals surface area contributed by atoms with E-state index in [1.807, 2.05) is 0 Å². The maximum absolute atomic E-state index is 11.6. The normalized spacial score (nSPS) is 15.2. The van der Waals surface area contributed by atoms with Crippen LogP contribution in [0.3, 0.4) is 0 Å². The van der Waals surface area contributed by atoms with Crippen molar-refractivity contribution < 1.29 is 34.1 Å². The minimum absolute atomic E-state index is 0.0455. The Balaban J connectivity index is 0.000000765. The Bertz CT molecular complexity index is 614. The van der Waals surface area contributed by atoms with E-state index < -0.39 is 12.1 Å². The first-order chi connectivity index (χ1) is 19.4. The Kier molecular flexibility index (Phi) is 27.6. The molecule has 0 bridgehead atoms. The van der Waals surface area contributed by atoms with E-state index in [0.29, 0.717) is 25.9 Å². The van der Waals surface area contributed by atoms with Crippen LogP contribution in [0.1, 0.15) is 155 Å². The molecule has 40 heavy (non-hydrogen) atoms. The van der Waals surface area contributed by atoms with Crippen LogP contribution in [-0.4, -0.2) is 60.0 Å². The van der Waals surface area contributed by atoms with Crippen LogP contribution in [0.2, 0.25) is 0 Å². The second-order valence-corrected chi connectivity index (χ2v) is 11.1. The molecule has 0 spiro atoms. The van der Waals surface area contributed by atoms with Gasteiger partial charge >= 0.3 is 11.9 Å². The highest BCUT2D eigenvalue weighted by Gasteiger charge is 2.28. The number of carbonyl (C=O) groups excluding carboxylic acids is 3. The van der Waals surface area contributed by atoms with Gasteiger partial charge in [0.25, 0.3) is 0 Å². The molecule has 1 rings (SSSR count). The van der Waals surface area contributed by atoms with Crippen LogP contribution in [0.15, 0.2) is 0 Å². The molecule has 8 heteroatoms. The third kappa shape index (κ3) is 25.3. The quantitative estimate of drug-likeness (QED) is 0.0841. The summed E-state index contributed by atoms with van der Waals surface area (Å²) in [7, 11) is 0. The fraction of sp³-hybridized carbons (Fsp3) is 0.906. The van der Waals surface area contributed by atoms with Crippen LogP contribution < -0.4 is 5.32 Å². The lowest BCUT2D eigenvalue weighted by atomic mass is 10.1. The number of aliphatic hydroxyl groups excluding tert-OH is 2. The number of ether oxygens (including phenoxy) is 2. The van der Waals surface area contributed by atoms with Gasteiger partial charge in [-0.25, -0.2) is 4.79 Å². The number of hydrogen-bond donors (Lipinski definition) is 3. The summed E-state index contributed by atoms with van der Waals surface area (Å²) in [4.78, 5) is 33.9. The van der Waals surface area contributed by atoms with E-state index >= 15 is 0 Å². The SMILES string of the molecule is CCCCCCCCCCCC(=O)OCC(O)CO.CCCCCCCCCCCCOC(=O)[C@@H]1CCC(=O)N1. The van der Waals surface area contributed by atoms with Gasteiger partial charge in [-0.05, 0) is 19.3 Å². The molecule has 1 fully saturated rings. The molecule has 1 aliphatic rings. The lowest BCUT2D eigenvalue weighted by molar-refractivity contribution is -0.147. The number of esters is 2. The van der Waals surface area contributed by atoms with Gasteiger partial charge in [0.05, 0.1) is 13.2 Å². The van der Waals surface area contributed by atoms with Crippen LogP contribution in [0.4, 0.5) is 0 Å².